The van der Waals surface area contributed by atoms with Gasteiger partial charge in [0.2, 0.25) is 20.0 Å². The lowest BCUT2D eigenvalue weighted by Gasteiger charge is -2.33. The standard InChI is InChI=1S/C15H23N3O4S2/c16-11-13-3-1-2-10-18(13)24(21,22)15-8-6-14(7-9-15)23(19,20)17-12-4-5-12/h6-9,12-13,17H,1-5,10-11,16H2. The summed E-state index contributed by atoms with van der Waals surface area (Å²) in [5.74, 6) is 0. The molecule has 2 aliphatic rings. The highest BCUT2D eigenvalue weighted by Crippen LogP contribution is 2.26. The summed E-state index contributed by atoms with van der Waals surface area (Å²) in [6.07, 6.45) is 4.24. The second-order valence-electron chi connectivity index (χ2n) is 6.37. The zero-order valence-corrected chi connectivity index (χ0v) is 15.0. The van der Waals surface area contributed by atoms with Gasteiger partial charge in [-0.1, -0.05) is 6.42 Å². The summed E-state index contributed by atoms with van der Waals surface area (Å²) in [5, 5.41) is 0. The maximum atomic E-state index is 12.8. The fourth-order valence-electron chi connectivity index (χ4n) is 2.94. The van der Waals surface area contributed by atoms with Crippen LogP contribution >= 0.6 is 0 Å². The number of nitrogens with two attached hydrogens (primary N) is 1. The topological polar surface area (TPSA) is 110 Å². The van der Waals surface area contributed by atoms with Gasteiger partial charge in [0.25, 0.3) is 0 Å². The van der Waals surface area contributed by atoms with Gasteiger partial charge in [0.15, 0.2) is 0 Å². The molecule has 0 aromatic heterocycles. The molecule has 0 amide bonds. The van der Waals surface area contributed by atoms with E-state index in [1.54, 1.807) is 0 Å². The fourth-order valence-corrected chi connectivity index (χ4v) is 5.95. The summed E-state index contributed by atoms with van der Waals surface area (Å²) in [6.45, 7) is 0.741. The van der Waals surface area contributed by atoms with Crippen molar-refractivity contribution in [3.8, 4) is 0 Å². The monoisotopic (exact) mass is 373 g/mol. The summed E-state index contributed by atoms with van der Waals surface area (Å²) < 4.78 is 54.0. The Morgan fingerprint density at radius 3 is 2.21 bits per heavy atom. The Bertz CT molecular complexity index is 787. The van der Waals surface area contributed by atoms with Crippen molar-refractivity contribution in [3.63, 3.8) is 0 Å². The predicted octanol–water partition coefficient (Wildman–Crippen LogP) is 0.629. The van der Waals surface area contributed by atoms with Crippen molar-refractivity contribution >= 4 is 20.0 Å². The van der Waals surface area contributed by atoms with Crippen molar-refractivity contribution in [3.05, 3.63) is 24.3 Å². The predicted molar refractivity (Wildman–Crippen MR) is 90.4 cm³/mol. The van der Waals surface area contributed by atoms with Gasteiger partial charge >= 0.3 is 0 Å². The van der Waals surface area contributed by atoms with Gasteiger partial charge in [0, 0.05) is 25.2 Å². The Hall–Kier alpha value is -1.00. The first-order valence-electron chi connectivity index (χ1n) is 8.19. The lowest BCUT2D eigenvalue weighted by atomic mass is 10.1. The highest BCUT2D eigenvalue weighted by atomic mass is 32.2. The Labute approximate surface area is 143 Å². The van der Waals surface area contributed by atoms with Crippen LogP contribution in [-0.2, 0) is 20.0 Å². The summed E-state index contributed by atoms with van der Waals surface area (Å²) in [4.78, 5) is 0.190. The molecule has 1 heterocycles. The molecular formula is C15H23N3O4S2. The van der Waals surface area contributed by atoms with Gasteiger partial charge in [0.05, 0.1) is 9.79 Å². The van der Waals surface area contributed by atoms with Gasteiger partial charge in [-0.15, -0.1) is 0 Å². The van der Waals surface area contributed by atoms with Crippen molar-refractivity contribution in [2.45, 2.75) is 54.0 Å². The van der Waals surface area contributed by atoms with Crippen molar-refractivity contribution in [2.24, 2.45) is 5.73 Å². The van der Waals surface area contributed by atoms with Gasteiger partial charge in [-0.2, -0.15) is 4.31 Å². The van der Waals surface area contributed by atoms with Crippen LogP contribution in [0.1, 0.15) is 32.1 Å². The van der Waals surface area contributed by atoms with Crippen LogP contribution in [0.3, 0.4) is 0 Å². The number of piperidine rings is 1. The van der Waals surface area contributed by atoms with Gasteiger partial charge in [-0.05, 0) is 49.9 Å². The van der Waals surface area contributed by atoms with Gasteiger partial charge in [-0.25, -0.2) is 21.6 Å². The van der Waals surface area contributed by atoms with E-state index in [-0.39, 0.29) is 28.4 Å². The SMILES string of the molecule is NCC1CCCCN1S(=O)(=O)c1ccc(S(=O)(=O)NC2CC2)cc1. The molecule has 2 fully saturated rings. The largest absolute Gasteiger partial charge is 0.329 e. The molecule has 24 heavy (non-hydrogen) atoms. The summed E-state index contributed by atoms with van der Waals surface area (Å²) in [5.41, 5.74) is 5.71. The number of benzene rings is 1. The molecule has 7 nitrogen and oxygen atoms in total. The molecule has 3 N–H and O–H groups in total. The van der Waals surface area contributed by atoms with E-state index in [9.17, 15) is 16.8 Å². The minimum atomic E-state index is -3.66. The van der Waals surface area contributed by atoms with Crippen LogP contribution in [0, 0.1) is 0 Å². The number of rotatable bonds is 6. The molecule has 3 rings (SSSR count). The first-order valence-corrected chi connectivity index (χ1v) is 11.1. The molecular weight excluding hydrogens is 350 g/mol. The molecule has 0 radical (unpaired) electrons. The molecule has 0 spiro atoms. The summed E-state index contributed by atoms with van der Waals surface area (Å²) in [6, 6.07) is 5.23. The quantitative estimate of drug-likeness (QED) is 0.760. The first-order chi connectivity index (χ1) is 11.3. The Balaban J connectivity index is 1.83. The maximum Gasteiger partial charge on any atom is 0.243 e. The molecule has 9 heteroatoms. The van der Waals surface area contributed by atoms with Gasteiger partial charge in [-0.3, -0.25) is 0 Å². The van der Waals surface area contributed by atoms with E-state index in [2.05, 4.69) is 4.72 Å². The minimum Gasteiger partial charge on any atom is -0.329 e. The minimum absolute atomic E-state index is 0.0112. The van der Waals surface area contributed by atoms with E-state index in [0.29, 0.717) is 6.54 Å². The molecule has 1 saturated heterocycles. The summed E-state index contributed by atoms with van der Waals surface area (Å²) in [7, 11) is -7.24. The molecule has 1 atom stereocenters. The van der Waals surface area contributed by atoms with Crippen LogP contribution in [0.2, 0.25) is 0 Å². The van der Waals surface area contributed by atoms with E-state index in [0.717, 1.165) is 32.1 Å². The number of hydrogen-bond acceptors (Lipinski definition) is 5. The molecule has 1 saturated carbocycles. The average molecular weight is 374 g/mol. The van der Waals surface area contributed by atoms with Crippen molar-refractivity contribution in [2.75, 3.05) is 13.1 Å². The molecule has 1 aromatic rings. The fraction of sp³-hybridized carbons (Fsp3) is 0.600. The normalized spacial score (nSPS) is 23.3. The van der Waals surface area contributed by atoms with Crippen LogP contribution in [-0.4, -0.2) is 46.3 Å². The maximum absolute atomic E-state index is 12.8. The summed E-state index contributed by atoms with van der Waals surface area (Å²) >= 11 is 0. The van der Waals surface area contributed by atoms with Crippen LogP contribution in [0.15, 0.2) is 34.1 Å². The Kier molecular flexibility index (Phi) is 4.99. The van der Waals surface area contributed by atoms with Gasteiger partial charge < -0.3 is 5.73 Å². The smallest absolute Gasteiger partial charge is 0.243 e. The first kappa shape index (κ1) is 17.8. The van der Waals surface area contributed by atoms with Crippen molar-refractivity contribution in [1.29, 1.82) is 0 Å². The number of nitrogens with one attached hydrogen (secondary N) is 1. The highest BCUT2D eigenvalue weighted by Gasteiger charge is 2.33. The molecule has 1 aliphatic heterocycles. The van der Waals surface area contributed by atoms with Crippen LogP contribution in [0.25, 0.3) is 0 Å². The van der Waals surface area contributed by atoms with E-state index >= 15 is 0 Å². The Morgan fingerprint density at radius 2 is 1.62 bits per heavy atom. The van der Waals surface area contributed by atoms with E-state index in [1.165, 1.54) is 28.6 Å². The van der Waals surface area contributed by atoms with Crippen LogP contribution in [0.4, 0.5) is 0 Å². The number of nitrogens with zero attached hydrogens (tertiary/aromatic N) is 1. The van der Waals surface area contributed by atoms with E-state index < -0.39 is 20.0 Å². The van der Waals surface area contributed by atoms with Gasteiger partial charge in [0.1, 0.15) is 0 Å². The molecule has 1 aromatic carbocycles. The van der Waals surface area contributed by atoms with E-state index in [4.69, 9.17) is 5.73 Å². The lowest BCUT2D eigenvalue weighted by Crippen LogP contribution is -2.47. The van der Waals surface area contributed by atoms with Crippen molar-refractivity contribution in [1.82, 2.24) is 9.03 Å². The zero-order chi connectivity index (χ0) is 17.4. The van der Waals surface area contributed by atoms with Crippen LogP contribution < -0.4 is 10.5 Å². The molecule has 1 aliphatic carbocycles. The highest BCUT2D eigenvalue weighted by molar-refractivity contribution is 7.89. The number of sulfonamides is 2. The molecule has 0 bridgehead atoms. The third kappa shape index (κ3) is 3.65. The molecule has 1 unspecified atom stereocenters. The Morgan fingerprint density at radius 1 is 1.00 bits per heavy atom. The van der Waals surface area contributed by atoms with Crippen LogP contribution in [0.5, 0.6) is 0 Å². The third-order valence-corrected chi connectivity index (χ3v) is 7.99. The second-order valence-corrected chi connectivity index (χ2v) is 9.97. The van der Waals surface area contributed by atoms with E-state index in [1.807, 2.05) is 0 Å². The van der Waals surface area contributed by atoms with Crippen molar-refractivity contribution < 1.29 is 16.8 Å². The lowest BCUT2D eigenvalue weighted by molar-refractivity contribution is 0.257. The second kappa shape index (κ2) is 6.72. The third-order valence-electron chi connectivity index (χ3n) is 4.48. The molecule has 134 valence electrons. The number of hydrogen-bond donors (Lipinski definition) is 2. The zero-order valence-electron chi connectivity index (χ0n) is 13.4. The average Bonchev–Trinajstić information content (AvgIpc) is 3.38.